The number of nitrogens with one attached hydrogen (secondary N) is 1. The molecular weight excluding hydrogens is 318 g/mol. The van der Waals surface area contributed by atoms with Gasteiger partial charge >= 0.3 is 5.97 Å². The van der Waals surface area contributed by atoms with Crippen molar-refractivity contribution in [3.63, 3.8) is 0 Å². The third-order valence-electron chi connectivity index (χ3n) is 3.89. The Morgan fingerprint density at radius 2 is 1.88 bits per heavy atom. The molecule has 0 unspecified atom stereocenters. The van der Waals surface area contributed by atoms with Crippen molar-refractivity contribution in [3.8, 4) is 5.75 Å². The Balaban J connectivity index is 1.56. The minimum atomic E-state index is -0.818. The van der Waals surface area contributed by atoms with Gasteiger partial charge in [-0.05, 0) is 43.5 Å². The van der Waals surface area contributed by atoms with Crippen LogP contribution in [0.15, 0.2) is 54.6 Å². The van der Waals surface area contributed by atoms with Gasteiger partial charge in [0.05, 0.1) is 5.56 Å². The van der Waals surface area contributed by atoms with E-state index in [2.05, 4.69) is 5.32 Å². The third-order valence-corrected chi connectivity index (χ3v) is 3.89. The molecular formula is C20H21NO4. The molecule has 0 spiro atoms. The summed E-state index contributed by atoms with van der Waals surface area (Å²) in [5.74, 6) is -0.218. The number of amides is 1. The molecule has 1 fully saturated rings. The lowest BCUT2D eigenvalue weighted by Gasteiger charge is -2.13. The van der Waals surface area contributed by atoms with Crippen LogP contribution in [0.4, 0.5) is 0 Å². The topological polar surface area (TPSA) is 64.6 Å². The summed E-state index contributed by atoms with van der Waals surface area (Å²) in [6, 6.07) is 16.8. The fourth-order valence-corrected chi connectivity index (χ4v) is 2.28. The van der Waals surface area contributed by atoms with Crippen LogP contribution in [0.2, 0.25) is 0 Å². The molecule has 5 heteroatoms. The summed E-state index contributed by atoms with van der Waals surface area (Å²) < 4.78 is 10.9. The first-order chi connectivity index (χ1) is 12.1. The number of carbonyl (C=O) groups excluding carboxylic acids is 2. The number of esters is 1. The first-order valence-corrected chi connectivity index (χ1v) is 8.40. The van der Waals surface area contributed by atoms with Gasteiger partial charge in [-0.3, -0.25) is 4.79 Å². The number of ether oxygens (including phenoxy) is 2. The molecule has 25 heavy (non-hydrogen) atoms. The molecule has 0 heterocycles. The van der Waals surface area contributed by atoms with Crippen LogP contribution in [0.25, 0.3) is 0 Å². The van der Waals surface area contributed by atoms with E-state index in [9.17, 15) is 9.59 Å². The number of hydrogen-bond donors (Lipinski definition) is 1. The molecule has 5 nitrogen and oxygen atoms in total. The normalized spacial score (nSPS) is 14.4. The van der Waals surface area contributed by atoms with Crippen molar-refractivity contribution in [2.75, 3.05) is 0 Å². The summed E-state index contributed by atoms with van der Waals surface area (Å²) >= 11 is 0. The van der Waals surface area contributed by atoms with E-state index >= 15 is 0 Å². The smallest absolute Gasteiger partial charge is 0.339 e. The van der Waals surface area contributed by atoms with E-state index in [0.717, 1.165) is 18.4 Å². The van der Waals surface area contributed by atoms with E-state index in [4.69, 9.17) is 9.47 Å². The Bertz CT molecular complexity index is 740. The lowest BCUT2D eigenvalue weighted by atomic mass is 10.2. The molecule has 1 aliphatic carbocycles. The monoisotopic (exact) mass is 339 g/mol. The molecule has 3 rings (SSSR count). The van der Waals surface area contributed by atoms with E-state index in [0.29, 0.717) is 17.9 Å². The highest BCUT2D eigenvalue weighted by Gasteiger charge is 2.27. The van der Waals surface area contributed by atoms with Gasteiger partial charge in [0.15, 0.2) is 6.10 Å². The fourth-order valence-electron chi connectivity index (χ4n) is 2.28. The van der Waals surface area contributed by atoms with Gasteiger partial charge in [0.2, 0.25) is 0 Å². The van der Waals surface area contributed by atoms with Crippen molar-refractivity contribution < 1.29 is 19.1 Å². The Hall–Kier alpha value is -2.82. The average Bonchev–Trinajstić information content (AvgIpc) is 3.45. The van der Waals surface area contributed by atoms with Crippen LogP contribution in [0.5, 0.6) is 5.75 Å². The Morgan fingerprint density at radius 3 is 2.60 bits per heavy atom. The molecule has 2 aromatic carbocycles. The summed E-state index contributed by atoms with van der Waals surface area (Å²) in [7, 11) is 0. The predicted molar refractivity (Wildman–Crippen MR) is 93.3 cm³/mol. The molecule has 1 aliphatic rings. The lowest BCUT2D eigenvalue weighted by molar-refractivity contribution is -0.129. The standard InChI is InChI=1S/C20H21NO4/c1-14(19(22)21-17-10-11-17)25-20(23)16-8-5-9-18(12-16)24-13-15-6-3-2-4-7-15/h2-9,12,14,17H,10-11,13H2,1H3,(H,21,22)/t14-/m0/s1. The van der Waals surface area contributed by atoms with Crippen molar-refractivity contribution in [2.24, 2.45) is 0 Å². The van der Waals surface area contributed by atoms with Crippen molar-refractivity contribution in [2.45, 2.75) is 38.5 Å². The van der Waals surface area contributed by atoms with Crippen LogP contribution in [0.1, 0.15) is 35.7 Å². The molecule has 2 aromatic rings. The van der Waals surface area contributed by atoms with Gasteiger partial charge in [-0.25, -0.2) is 4.79 Å². The molecule has 1 atom stereocenters. The van der Waals surface area contributed by atoms with Crippen molar-refractivity contribution >= 4 is 11.9 Å². The van der Waals surface area contributed by atoms with Gasteiger partial charge < -0.3 is 14.8 Å². The molecule has 0 aliphatic heterocycles. The van der Waals surface area contributed by atoms with Crippen LogP contribution in [0, 0.1) is 0 Å². The van der Waals surface area contributed by atoms with Crippen LogP contribution in [0.3, 0.4) is 0 Å². The first-order valence-electron chi connectivity index (χ1n) is 8.40. The molecule has 1 amide bonds. The summed E-state index contributed by atoms with van der Waals surface area (Å²) in [4.78, 5) is 24.1. The Labute approximate surface area is 147 Å². The van der Waals surface area contributed by atoms with Crippen LogP contribution < -0.4 is 10.1 Å². The van der Waals surface area contributed by atoms with Gasteiger partial charge in [0, 0.05) is 6.04 Å². The van der Waals surface area contributed by atoms with Crippen LogP contribution in [-0.4, -0.2) is 24.0 Å². The van der Waals surface area contributed by atoms with Gasteiger partial charge in [-0.15, -0.1) is 0 Å². The third kappa shape index (κ3) is 5.08. The largest absolute Gasteiger partial charge is 0.489 e. The zero-order valence-electron chi connectivity index (χ0n) is 14.1. The molecule has 0 aromatic heterocycles. The van der Waals surface area contributed by atoms with Crippen molar-refractivity contribution in [3.05, 3.63) is 65.7 Å². The maximum absolute atomic E-state index is 12.2. The maximum atomic E-state index is 12.2. The van der Waals surface area contributed by atoms with Crippen LogP contribution in [-0.2, 0) is 16.1 Å². The van der Waals surface area contributed by atoms with E-state index in [1.165, 1.54) is 0 Å². The van der Waals surface area contributed by atoms with Gasteiger partial charge in [-0.1, -0.05) is 36.4 Å². The minimum absolute atomic E-state index is 0.239. The lowest BCUT2D eigenvalue weighted by Crippen LogP contribution is -2.37. The van der Waals surface area contributed by atoms with E-state index in [1.54, 1.807) is 31.2 Å². The molecule has 1 N–H and O–H groups in total. The molecule has 1 saturated carbocycles. The Kier molecular flexibility index (Phi) is 5.33. The van der Waals surface area contributed by atoms with E-state index in [-0.39, 0.29) is 11.9 Å². The zero-order chi connectivity index (χ0) is 17.6. The molecule has 0 saturated heterocycles. The van der Waals surface area contributed by atoms with Gasteiger partial charge in [0.25, 0.3) is 5.91 Å². The highest BCUT2D eigenvalue weighted by molar-refractivity contribution is 5.92. The average molecular weight is 339 g/mol. The van der Waals surface area contributed by atoms with E-state index in [1.807, 2.05) is 30.3 Å². The molecule has 130 valence electrons. The highest BCUT2D eigenvalue weighted by atomic mass is 16.5. The number of hydrogen-bond acceptors (Lipinski definition) is 4. The molecule has 0 bridgehead atoms. The summed E-state index contributed by atoms with van der Waals surface area (Å²) in [5.41, 5.74) is 1.40. The van der Waals surface area contributed by atoms with Gasteiger partial charge in [-0.2, -0.15) is 0 Å². The maximum Gasteiger partial charge on any atom is 0.339 e. The predicted octanol–water partition coefficient (Wildman–Crippen LogP) is 3.09. The summed E-state index contributed by atoms with van der Waals surface area (Å²) in [5, 5.41) is 2.82. The second-order valence-electron chi connectivity index (χ2n) is 6.13. The SMILES string of the molecule is C[C@H](OC(=O)c1cccc(OCc2ccccc2)c1)C(=O)NC1CC1. The second kappa shape index (κ2) is 7.83. The number of rotatable bonds is 7. The van der Waals surface area contributed by atoms with Gasteiger partial charge in [0.1, 0.15) is 12.4 Å². The summed E-state index contributed by atoms with van der Waals surface area (Å²) in [6.07, 6.45) is 1.17. The van der Waals surface area contributed by atoms with Crippen LogP contribution >= 0.6 is 0 Å². The fraction of sp³-hybridized carbons (Fsp3) is 0.300. The Morgan fingerprint density at radius 1 is 1.12 bits per heavy atom. The highest BCUT2D eigenvalue weighted by Crippen LogP contribution is 2.19. The summed E-state index contributed by atoms with van der Waals surface area (Å²) in [6.45, 7) is 1.99. The molecule has 0 radical (unpaired) electrons. The minimum Gasteiger partial charge on any atom is -0.489 e. The first kappa shape index (κ1) is 17.0. The quantitative estimate of drug-likeness (QED) is 0.787. The number of benzene rings is 2. The second-order valence-corrected chi connectivity index (χ2v) is 6.13. The van der Waals surface area contributed by atoms with E-state index < -0.39 is 12.1 Å². The van der Waals surface area contributed by atoms with Crippen molar-refractivity contribution in [1.29, 1.82) is 0 Å². The zero-order valence-corrected chi connectivity index (χ0v) is 14.1. The van der Waals surface area contributed by atoms with Crippen molar-refractivity contribution in [1.82, 2.24) is 5.32 Å². The number of carbonyl (C=O) groups is 2.